The Kier molecular flexibility index (Phi) is 4.22. The van der Waals surface area contributed by atoms with Crippen LogP contribution in [0.25, 0.3) is 0 Å². The number of aryl methyl sites for hydroxylation is 1. The van der Waals surface area contributed by atoms with E-state index in [1.165, 1.54) is 16.0 Å². The Morgan fingerprint density at radius 3 is 3.04 bits per heavy atom. The van der Waals surface area contributed by atoms with E-state index < -0.39 is 0 Å². The summed E-state index contributed by atoms with van der Waals surface area (Å²) in [6.07, 6.45) is 3.55. The summed E-state index contributed by atoms with van der Waals surface area (Å²) in [6.45, 7) is 1.68. The van der Waals surface area contributed by atoms with Crippen LogP contribution in [0.5, 0.6) is 0 Å². The van der Waals surface area contributed by atoms with E-state index in [1.54, 1.807) is 18.1 Å². The van der Waals surface area contributed by atoms with E-state index in [1.807, 2.05) is 0 Å². The van der Waals surface area contributed by atoms with Gasteiger partial charge in [-0.1, -0.05) is 16.6 Å². The number of hydrogen-bond acceptors (Lipinski definition) is 7. The average Bonchev–Trinajstić information content (AvgIpc) is 3.33. The molecule has 0 saturated carbocycles. The number of ether oxygens (including phenoxy) is 1. The zero-order chi connectivity index (χ0) is 17.4. The van der Waals surface area contributed by atoms with E-state index >= 15 is 0 Å². The van der Waals surface area contributed by atoms with Gasteiger partial charge in [-0.25, -0.2) is 4.98 Å². The van der Waals surface area contributed by atoms with Crippen molar-refractivity contribution in [2.24, 2.45) is 7.05 Å². The molecule has 25 heavy (non-hydrogen) atoms. The highest BCUT2D eigenvalue weighted by Crippen LogP contribution is 2.29. The number of nitrogens with zero attached hydrogens (tertiary/aromatic N) is 5. The topological polar surface area (TPSA) is 102 Å². The van der Waals surface area contributed by atoms with Crippen molar-refractivity contribution < 1.29 is 14.3 Å². The second-order valence-corrected chi connectivity index (χ2v) is 7.22. The largest absolute Gasteiger partial charge is 0.368 e. The van der Waals surface area contributed by atoms with Crippen molar-refractivity contribution in [2.45, 2.75) is 31.9 Å². The molecule has 2 aromatic heterocycles. The maximum Gasteiger partial charge on any atom is 0.276 e. The molecule has 4 heterocycles. The first-order chi connectivity index (χ1) is 12.1. The van der Waals surface area contributed by atoms with Crippen LogP contribution in [0.3, 0.4) is 0 Å². The highest BCUT2D eigenvalue weighted by atomic mass is 32.1. The summed E-state index contributed by atoms with van der Waals surface area (Å²) in [6, 6.07) is 0. The predicted molar refractivity (Wildman–Crippen MR) is 89.2 cm³/mol. The molecule has 1 saturated heterocycles. The smallest absolute Gasteiger partial charge is 0.276 e. The summed E-state index contributed by atoms with van der Waals surface area (Å²) in [5.74, 6) is -0.284. The van der Waals surface area contributed by atoms with Crippen molar-refractivity contribution in [1.82, 2.24) is 24.9 Å². The SMILES string of the molecule is Cn1cc(C(=O)N2CCc3nc(NC(=O)[C@@H]4CCCO4)sc3C2)nn1. The van der Waals surface area contributed by atoms with Crippen LogP contribution >= 0.6 is 11.3 Å². The second kappa shape index (κ2) is 6.52. The standard InChI is InChI=1S/C15H18N6O3S/c1-20-7-10(18-19-20)14(23)21-5-4-9-12(8-21)25-15(16-9)17-13(22)11-3-2-6-24-11/h7,11H,2-6,8H2,1H3,(H,16,17,22)/t11-/m0/s1. The van der Waals surface area contributed by atoms with Crippen LogP contribution in [0.4, 0.5) is 5.13 Å². The zero-order valence-electron chi connectivity index (χ0n) is 13.8. The van der Waals surface area contributed by atoms with Crippen LogP contribution in [0.1, 0.15) is 33.9 Å². The third-order valence-electron chi connectivity index (χ3n) is 4.29. The molecule has 0 unspecified atom stereocenters. The number of nitrogens with one attached hydrogen (secondary N) is 1. The molecule has 9 nitrogen and oxygen atoms in total. The minimum Gasteiger partial charge on any atom is -0.368 e. The highest BCUT2D eigenvalue weighted by molar-refractivity contribution is 7.15. The van der Waals surface area contributed by atoms with Gasteiger partial charge < -0.3 is 9.64 Å². The minimum atomic E-state index is -0.379. The van der Waals surface area contributed by atoms with Gasteiger partial charge in [0.2, 0.25) is 0 Å². The molecule has 1 atom stereocenters. The van der Waals surface area contributed by atoms with Gasteiger partial charge in [0.15, 0.2) is 10.8 Å². The van der Waals surface area contributed by atoms with Crippen molar-refractivity contribution in [1.29, 1.82) is 0 Å². The van der Waals surface area contributed by atoms with Gasteiger partial charge in [-0.3, -0.25) is 19.6 Å². The Bertz CT molecular complexity index is 810. The molecule has 0 aliphatic carbocycles. The number of aromatic nitrogens is 4. The number of amides is 2. The lowest BCUT2D eigenvalue weighted by atomic mass is 10.1. The van der Waals surface area contributed by atoms with Gasteiger partial charge in [-0.15, -0.1) is 5.10 Å². The van der Waals surface area contributed by atoms with Crippen LogP contribution < -0.4 is 5.32 Å². The number of rotatable bonds is 3. The maximum absolute atomic E-state index is 12.5. The van der Waals surface area contributed by atoms with E-state index in [4.69, 9.17) is 4.74 Å². The molecule has 0 spiro atoms. The minimum absolute atomic E-state index is 0.142. The molecule has 2 aliphatic heterocycles. The molecular formula is C15H18N6O3S. The van der Waals surface area contributed by atoms with Gasteiger partial charge in [0.05, 0.1) is 18.4 Å². The Hall–Kier alpha value is -2.33. The summed E-state index contributed by atoms with van der Waals surface area (Å²) < 4.78 is 6.89. The molecule has 4 rings (SSSR count). The number of thiazole rings is 1. The van der Waals surface area contributed by atoms with E-state index in [-0.39, 0.29) is 17.9 Å². The Balaban J connectivity index is 1.44. The summed E-state index contributed by atoms with van der Waals surface area (Å²) in [4.78, 5) is 31.8. The lowest BCUT2D eigenvalue weighted by molar-refractivity contribution is -0.124. The molecule has 2 amide bonds. The molecule has 1 N–H and O–H groups in total. The van der Waals surface area contributed by atoms with Gasteiger partial charge in [-0.05, 0) is 12.8 Å². The number of carbonyl (C=O) groups is 2. The first kappa shape index (κ1) is 16.2. The molecule has 2 aromatic rings. The highest BCUT2D eigenvalue weighted by Gasteiger charge is 2.28. The fourth-order valence-corrected chi connectivity index (χ4v) is 4.03. The van der Waals surface area contributed by atoms with E-state index in [0.717, 1.165) is 23.4 Å². The number of anilines is 1. The van der Waals surface area contributed by atoms with Crippen molar-refractivity contribution in [3.05, 3.63) is 22.5 Å². The first-order valence-electron chi connectivity index (χ1n) is 8.17. The van der Waals surface area contributed by atoms with Gasteiger partial charge in [0, 0.05) is 31.5 Å². The average molecular weight is 362 g/mol. The fraction of sp³-hybridized carbons (Fsp3) is 0.533. The summed E-state index contributed by atoms with van der Waals surface area (Å²) in [5, 5.41) is 11.1. The molecule has 0 bridgehead atoms. The van der Waals surface area contributed by atoms with Gasteiger partial charge in [0.1, 0.15) is 6.10 Å². The Morgan fingerprint density at radius 1 is 1.44 bits per heavy atom. The number of hydrogen-bond donors (Lipinski definition) is 1. The van der Waals surface area contributed by atoms with Crippen LogP contribution in [-0.4, -0.2) is 55.9 Å². The molecular weight excluding hydrogens is 344 g/mol. The van der Waals surface area contributed by atoms with Crippen molar-refractivity contribution in [3.63, 3.8) is 0 Å². The molecule has 132 valence electrons. The van der Waals surface area contributed by atoms with Crippen LogP contribution in [-0.2, 0) is 29.5 Å². The number of fused-ring (bicyclic) bond motifs is 1. The molecule has 1 fully saturated rings. The summed E-state index contributed by atoms with van der Waals surface area (Å²) in [5.41, 5.74) is 1.28. The Labute approximate surface area is 148 Å². The third-order valence-corrected chi connectivity index (χ3v) is 5.29. The lowest BCUT2D eigenvalue weighted by Gasteiger charge is -2.25. The normalized spacial score (nSPS) is 19.7. The lowest BCUT2D eigenvalue weighted by Crippen LogP contribution is -2.35. The van der Waals surface area contributed by atoms with Gasteiger partial charge in [-0.2, -0.15) is 0 Å². The summed E-state index contributed by atoms with van der Waals surface area (Å²) >= 11 is 1.41. The molecule has 2 aliphatic rings. The van der Waals surface area contributed by atoms with Gasteiger partial charge >= 0.3 is 0 Å². The molecule has 0 aromatic carbocycles. The van der Waals surface area contributed by atoms with E-state index in [0.29, 0.717) is 36.9 Å². The maximum atomic E-state index is 12.5. The van der Waals surface area contributed by atoms with Crippen molar-refractivity contribution in [3.8, 4) is 0 Å². The third kappa shape index (κ3) is 3.27. The molecule has 10 heteroatoms. The van der Waals surface area contributed by atoms with Crippen molar-refractivity contribution >= 4 is 28.3 Å². The van der Waals surface area contributed by atoms with E-state index in [9.17, 15) is 9.59 Å². The zero-order valence-corrected chi connectivity index (χ0v) is 14.6. The quantitative estimate of drug-likeness (QED) is 0.857. The number of carbonyl (C=O) groups excluding carboxylic acids is 2. The van der Waals surface area contributed by atoms with E-state index in [2.05, 4.69) is 20.6 Å². The molecule has 0 radical (unpaired) electrons. The fourth-order valence-electron chi connectivity index (χ4n) is 3.00. The first-order valence-corrected chi connectivity index (χ1v) is 8.98. The Morgan fingerprint density at radius 2 is 2.32 bits per heavy atom. The second-order valence-electron chi connectivity index (χ2n) is 6.13. The van der Waals surface area contributed by atoms with Gasteiger partial charge in [0.25, 0.3) is 11.8 Å². The monoisotopic (exact) mass is 362 g/mol. The van der Waals surface area contributed by atoms with Crippen LogP contribution in [0.2, 0.25) is 0 Å². The summed E-state index contributed by atoms with van der Waals surface area (Å²) in [7, 11) is 1.73. The van der Waals surface area contributed by atoms with Crippen LogP contribution in [0, 0.1) is 0 Å². The van der Waals surface area contributed by atoms with Crippen LogP contribution in [0.15, 0.2) is 6.20 Å². The predicted octanol–water partition coefficient (Wildman–Crippen LogP) is 0.588. The van der Waals surface area contributed by atoms with Crippen molar-refractivity contribution in [2.75, 3.05) is 18.5 Å².